The maximum atomic E-state index is 6.02. The summed E-state index contributed by atoms with van der Waals surface area (Å²) in [6.07, 6.45) is 0. The highest BCUT2D eigenvalue weighted by atomic mass is 35.5. The molecule has 1 rings (SSSR count). The Morgan fingerprint density at radius 1 is 1.35 bits per heavy atom. The highest BCUT2D eigenvalue weighted by Crippen LogP contribution is 2.29. The standard InChI is InChI=1S/C11H16Cl2N4/c1-7(2)6-15-11(17-14)16-10-8(12)4-3-5-9(10)13/h3-5,7H,6,14H2,1-2H3,(H2,15,16,17). The molecule has 0 bridgehead atoms. The second-order valence-electron chi connectivity index (χ2n) is 3.95. The van der Waals surface area contributed by atoms with Crippen molar-refractivity contribution in [3.8, 4) is 0 Å². The molecule has 4 N–H and O–H groups in total. The number of nitrogens with zero attached hydrogens (tertiary/aromatic N) is 1. The van der Waals surface area contributed by atoms with E-state index in [1.54, 1.807) is 18.2 Å². The average Bonchev–Trinajstić information content (AvgIpc) is 2.27. The number of nitrogens with two attached hydrogens (primary N) is 1. The van der Waals surface area contributed by atoms with Gasteiger partial charge in [0.1, 0.15) is 0 Å². The molecule has 0 saturated heterocycles. The van der Waals surface area contributed by atoms with Gasteiger partial charge in [0.2, 0.25) is 5.96 Å². The van der Waals surface area contributed by atoms with Crippen molar-refractivity contribution >= 4 is 34.8 Å². The zero-order chi connectivity index (χ0) is 12.8. The summed E-state index contributed by atoms with van der Waals surface area (Å²) in [6, 6.07) is 5.26. The molecule has 1 aromatic carbocycles. The van der Waals surface area contributed by atoms with E-state index in [4.69, 9.17) is 29.0 Å². The Morgan fingerprint density at radius 2 is 1.94 bits per heavy atom. The Morgan fingerprint density at radius 3 is 2.41 bits per heavy atom. The van der Waals surface area contributed by atoms with E-state index in [2.05, 4.69) is 29.6 Å². The fourth-order valence-electron chi connectivity index (χ4n) is 1.13. The molecule has 0 spiro atoms. The summed E-state index contributed by atoms with van der Waals surface area (Å²) in [4.78, 5) is 4.27. The predicted octanol–water partition coefficient (Wildman–Crippen LogP) is 2.88. The van der Waals surface area contributed by atoms with Crippen LogP contribution in [0.3, 0.4) is 0 Å². The molecular formula is C11H16Cl2N4. The van der Waals surface area contributed by atoms with E-state index in [-0.39, 0.29) is 0 Å². The fraction of sp³-hybridized carbons (Fsp3) is 0.364. The summed E-state index contributed by atoms with van der Waals surface area (Å²) in [6.45, 7) is 4.80. The highest BCUT2D eigenvalue weighted by molar-refractivity contribution is 6.39. The number of benzene rings is 1. The lowest BCUT2D eigenvalue weighted by molar-refractivity contribution is 0.663. The number of aliphatic imine (C=N–C) groups is 1. The van der Waals surface area contributed by atoms with E-state index in [0.717, 1.165) is 0 Å². The van der Waals surface area contributed by atoms with Crippen LogP contribution in [-0.2, 0) is 0 Å². The Bertz CT molecular complexity index is 384. The van der Waals surface area contributed by atoms with Crippen molar-refractivity contribution in [2.75, 3.05) is 11.9 Å². The summed E-state index contributed by atoms with van der Waals surface area (Å²) in [5.74, 6) is 6.26. The Labute approximate surface area is 111 Å². The van der Waals surface area contributed by atoms with Crippen molar-refractivity contribution < 1.29 is 0 Å². The molecule has 0 saturated carbocycles. The molecule has 0 aliphatic heterocycles. The second kappa shape index (κ2) is 6.69. The predicted molar refractivity (Wildman–Crippen MR) is 74.5 cm³/mol. The van der Waals surface area contributed by atoms with E-state index in [0.29, 0.717) is 34.2 Å². The monoisotopic (exact) mass is 274 g/mol. The molecule has 17 heavy (non-hydrogen) atoms. The van der Waals surface area contributed by atoms with Crippen LogP contribution in [0.1, 0.15) is 13.8 Å². The first-order valence-electron chi connectivity index (χ1n) is 5.26. The van der Waals surface area contributed by atoms with Crippen LogP contribution in [-0.4, -0.2) is 12.5 Å². The average molecular weight is 275 g/mol. The van der Waals surface area contributed by atoms with Gasteiger partial charge in [-0.2, -0.15) is 0 Å². The number of hydrogen-bond acceptors (Lipinski definition) is 2. The molecule has 0 amide bonds. The minimum absolute atomic E-state index is 0.439. The van der Waals surface area contributed by atoms with Gasteiger partial charge in [0.25, 0.3) is 0 Å². The van der Waals surface area contributed by atoms with Crippen molar-refractivity contribution in [1.29, 1.82) is 0 Å². The molecule has 0 radical (unpaired) electrons. The Kier molecular flexibility index (Phi) is 5.55. The minimum Gasteiger partial charge on any atom is -0.323 e. The number of guanidine groups is 1. The lowest BCUT2D eigenvalue weighted by atomic mass is 10.2. The molecule has 6 heteroatoms. The Hall–Kier alpha value is -0.970. The van der Waals surface area contributed by atoms with Crippen LogP contribution in [0.5, 0.6) is 0 Å². The van der Waals surface area contributed by atoms with Crippen molar-refractivity contribution in [3.63, 3.8) is 0 Å². The summed E-state index contributed by atoms with van der Waals surface area (Å²) >= 11 is 12.0. The topological polar surface area (TPSA) is 62.4 Å². The van der Waals surface area contributed by atoms with Gasteiger partial charge in [-0.15, -0.1) is 0 Å². The number of para-hydroxylation sites is 1. The molecule has 94 valence electrons. The number of anilines is 1. The highest BCUT2D eigenvalue weighted by Gasteiger charge is 2.07. The number of hydrogen-bond donors (Lipinski definition) is 3. The van der Waals surface area contributed by atoms with Crippen LogP contribution >= 0.6 is 23.2 Å². The van der Waals surface area contributed by atoms with Gasteiger partial charge in [-0.25, -0.2) is 5.84 Å². The summed E-state index contributed by atoms with van der Waals surface area (Å²) < 4.78 is 0. The molecular weight excluding hydrogens is 259 g/mol. The molecule has 1 aromatic rings. The normalized spacial score (nSPS) is 11.8. The molecule has 0 unspecified atom stereocenters. The molecule has 0 aromatic heterocycles. The molecule has 0 aliphatic carbocycles. The molecule has 0 heterocycles. The van der Waals surface area contributed by atoms with E-state index in [1.165, 1.54) is 0 Å². The van der Waals surface area contributed by atoms with Crippen LogP contribution in [0.4, 0.5) is 5.69 Å². The lowest BCUT2D eigenvalue weighted by Crippen LogP contribution is -2.36. The fourth-order valence-corrected chi connectivity index (χ4v) is 1.62. The van der Waals surface area contributed by atoms with Crippen LogP contribution in [0, 0.1) is 5.92 Å². The van der Waals surface area contributed by atoms with Gasteiger partial charge >= 0.3 is 0 Å². The number of hydrazine groups is 1. The Balaban J connectivity index is 2.84. The third kappa shape index (κ3) is 4.42. The second-order valence-corrected chi connectivity index (χ2v) is 4.76. The van der Waals surface area contributed by atoms with Gasteiger partial charge in [0.05, 0.1) is 15.7 Å². The van der Waals surface area contributed by atoms with E-state index in [9.17, 15) is 0 Å². The van der Waals surface area contributed by atoms with E-state index >= 15 is 0 Å². The molecule has 4 nitrogen and oxygen atoms in total. The quantitative estimate of drug-likeness (QED) is 0.344. The van der Waals surface area contributed by atoms with Crippen LogP contribution in [0.25, 0.3) is 0 Å². The van der Waals surface area contributed by atoms with Gasteiger partial charge in [0.15, 0.2) is 0 Å². The first-order valence-corrected chi connectivity index (χ1v) is 6.02. The molecule has 0 fully saturated rings. The third-order valence-electron chi connectivity index (χ3n) is 1.96. The number of halogens is 2. The largest absolute Gasteiger partial charge is 0.323 e. The number of rotatable bonds is 3. The summed E-state index contributed by atoms with van der Waals surface area (Å²) in [5.41, 5.74) is 3.08. The zero-order valence-electron chi connectivity index (χ0n) is 9.80. The van der Waals surface area contributed by atoms with Crippen LogP contribution < -0.4 is 16.6 Å². The lowest BCUT2D eigenvalue weighted by Gasteiger charge is -2.12. The van der Waals surface area contributed by atoms with Crippen molar-refractivity contribution in [3.05, 3.63) is 28.2 Å². The third-order valence-corrected chi connectivity index (χ3v) is 2.59. The van der Waals surface area contributed by atoms with Crippen LogP contribution in [0.15, 0.2) is 23.2 Å². The molecule has 0 atom stereocenters. The van der Waals surface area contributed by atoms with Crippen molar-refractivity contribution in [1.82, 2.24) is 5.43 Å². The summed E-state index contributed by atoms with van der Waals surface area (Å²) in [7, 11) is 0. The van der Waals surface area contributed by atoms with Gasteiger partial charge in [-0.05, 0) is 18.1 Å². The van der Waals surface area contributed by atoms with Gasteiger partial charge in [0, 0.05) is 6.54 Å². The van der Waals surface area contributed by atoms with Gasteiger partial charge < -0.3 is 5.32 Å². The summed E-state index contributed by atoms with van der Waals surface area (Å²) in [5, 5.41) is 4.01. The van der Waals surface area contributed by atoms with Gasteiger partial charge in [-0.3, -0.25) is 10.4 Å². The maximum absolute atomic E-state index is 6.02. The SMILES string of the molecule is CC(C)CN=C(NN)Nc1c(Cl)cccc1Cl. The minimum atomic E-state index is 0.439. The maximum Gasteiger partial charge on any atom is 0.210 e. The molecule has 0 aliphatic rings. The first-order chi connectivity index (χ1) is 8.04. The number of nitrogens with one attached hydrogen (secondary N) is 2. The van der Waals surface area contributed by atoms with Gasteiger partial charge in [-0.1, -0.05) is 43.1 Å². The van der Waals surface area contributed by atoms with Crippen molar-refractivity contribution in [2.24, 2.45) is 16.8 Å². The first kappa shape index (κ1) is 14.1. The van der Waals surface area contributed by atoms with Crippen molar-refractivity contribution in [2.45, 2.75) is 13.8 Å². The van der Waals surface area contributed by atoms with Crippen LogP contribution in [0.2, 0.25) is 10.0 Å². The zero-order valence-corrected chi connectivity index (χ0v) is 11.3. The smallest absolute Gasteiger partial charge is 0.210 e. The van der Waals surface area contributed by atoms with E-state index < -0.39 is 0 Å². The van der Waals surface area contributed by atoms with E-state index in [1.807, 2.05) is 0 Å².